The molecule has 2 N–H and O–H groups in total. The fourth-order valence-electron chi connectivity index (χ4n) is 3.25. The van der Waals surface area contributed by atoms with Crippen LogP contribution in [-0.4, -0.2) is 28.0 Å². The summed E-state index contributed by atoms with van der Waals surface area (Å²) in [6.45, 7) is 3.93. The minimum atomic E-state index is 0.775. The lowest BCUT2D eigenvalue weighted by Crippen LogP contribution is -2.15. The highest BCUT2D eigenvalue weighted by Gasteiger charge is 2.22. The van der Waals surface area contributed by atoms with E-state index in [0.29, 0.717) is 0 Å². The van der Waals surface area contributed by atoms with Crippen molar-refractivity contribution in [3.05, 3.63) is 41.2 Å². The maximum atomic E-state index is 4.49. The van der Waals surface area contributed by atoms with E-state index in [1.165, 1.54) is 28.7 Å². The summed E-state index contributed by atoms with van der Waals surface area (Å²) in [6, 6.07) is 5.87. The molecular weight excluding hydrogens is 318 g/mol. The van der Waals surface area contributed by atoms with Gasteiger partial charge in [-0.15, -0.1) is 11.3 Å². The van der Waals surface area contributed by atoms with Gasteiger partial charge in [-0.3, -0.25) is 0 Å². The Morgan fingerprint density at radius 3 is 2.96 bits per heavy atom. The van der Waals surface area contributed by atoms with Crippen LogP contribution in [0, 0.1) is 5.92 Å². The van der Waals surface area contributed by atoms with Crippen LogP contribution in [0.2, 0.25) is 0 Å². The van der Waals surface area contributed by atoms with E-state index < -0.39 is 0 Å². The summed E-state index contributed by atoms with van der Waals surface area (Å²) in [7, 11) is 0. The number of hydrogen-bond acceptors (Lipinski definition) is 6. The van der Waals surface area contributed by atoms with Gasteiger partial charge in [-0.2, -0.15) is 0 Å². The van der Waals surface area contributed by atoms with Crippen LogP contribution in [0.15, 0.2) is 30.7 Å². The van der Waals surface area contributed by atoms with E-state index in [1.807, 2.05) is 29.5 Å². The molecule has 0 spiro atoms. The summed E-state index contributed by atoms with van der Waals surface area (Å²) in [5.41, 5.74) is 1.47. The lowest BCUT2D eigenvalue weighted by molar-refractivity contribution is 0.509. The van der Waals surface area contributed by atoms with Gasteiger partial charge in [0.05, 0.1) is 5.39 Å². The number of nitrogens with zero attached hydrogens (tertiary/aromatic N) is 3. The molecule has 24 heavy (non-hydrogen) atoms. The van der Waals surface area contributed by atoms with Gasteiger partial charge in [0.2, 0.25) is 0 Å². The standard InChI is InChI=1S/C18H21N5S/c1-12-5-6-13-14(10-12)24-18-16(13)17(22-11-23-18)21-9-8-20-15-4-2-3-7-19-15/h2-4,7,11-12H,5-6,8-10H2,1H3,(H,19,20)(H,21,22,23)/t12-/m0/s1. The van der Waals surface area contributed by atoms with Crippen LogP contribution >= 0.6 is 11.3 Å². The fraction of sp³-hybridized carbons (Fsp3) is 0.389. The van der Waals surface area contributed by atoms with E-state index in [9.17, 15) is 0 Å². The first kappa shape index (κ1) is 15.3. The van der Waals surface area contributed by atoms with Crippen LogP contribution in [0.25, 0.3) is 10.2 Å². The second kappa shape index (κ2) is 6.73. The Balaban J connectivity index is 1.48. The Labute approximate surface area is 145 Å². The van der Waals surface area contributed by atoms with Crippen LogP contribution in [0.5, 0.6) is 0 Å². The highest BCUT2D eigenvalue weighted by atomic mass is 32.1. The molecule has 0 bridgehead atoms. The van der Waals surface area contributed by atoms with E-state index in [1.54, 1.807) is 12.5 Å². The van der Waals surface area contributed by atoms with Crippen molar-refractivity contribution in [1.82, 2.24) is 15.0 Å². The lowest BCUT2D eigenvalue weighted by atomic mass is 9.89. The summed E-state index contributed by atoms with van der Waals surface area (Å²) in [5, 5.41) is 8.02. The minimum Gasteiger partial charge on any atom is -0.368 e. The van der Waals surface area contributed by atoms with E-state index in [-0.39, 0.29) is 0 Å². The van der Waals surface area contributed by atoms with Crippen molar-refractivity contribution in [2.24, 2.45) is 5.92 Å². The molecule has 5 nitrogen and oxygen atoms in total. The zero-order valence-electron chi connectivity index (χ0n) is 13.7. The summed E-state index contributed by atoms with van der Waals surface area (Å²) in [4.78, 5) is 15.9. The van der Waals surface area contributed by atoms with Crippen molar-refractivity contribution in [2.75, 3.05) is 23.7 Å². The Hall–Kier alpha value is -2.21. The number of thiophene rings is 1. The van der Waals surface area contributed by atoms with Crippen LogP contribution in [0.3, 0.4) is 0 Å². The Morgan fingerprint density at radius 2 is 2.08 bits per heavy atom. The lowest BCUT2D eigenvalue weighted by Gasteiger charge is -2.18. The average molecular weight is 339 g/mol. The molecule has 0 saturated heterocycles. The van der Waals surface area contributed by atoms with Gasteiger partial charge in [0.1, 0.15) is 22.8 Å². The molecule has 4 rings (SSSR count). The highest BCUT2D eigenvalue weighted by molar-refractivity contribution is 7.19. The maximum Gasteiger partial charge on any atom is 0.138 e. The largest absolute Gasteiger partial charge is 0.368 e. The van der Waals surface area contributed by atoms with E-state index >= 15 is 0 Å². The summed E-state index contributed by atoms with van der Waals surface area (Å²) >= 11 is 1.84. The van der Waals surface area contributed by atoms with Crippen molar-refractivity contribution < 1.29 is 0 Å². The van der Waals surface area contributed by atoms with Gasteiger partial charge >= 0.3 is 0 Å². The van der Waals surface area contributed by atoms with Gasteiger partial charge in [-0.05, 0) is 42.9 Å². The quantitative estimate of drug-likeness (QED) is 0.694. The van der Waals surface area contributed by atoms with Crippen LogP contribution in [-0.2, 0) is 12.8 Å². The first-order chi connectivity index (χ1) is 11.8. The molecule has 6 heteroatoms. The summed E-state index contributed by atoms with van der Waals surface area (Å²) < 4.78 is 0. The maximum absolute atomic E-state index is 4.49. The number of rotatable bonds is 5. The number of nitrogens with one attached hydrogen (secondary N) is 2. The van der Waals surface area contributed by atoms with Crippen molar-refractivity contribution in [1.29, 1.82) is 0 Å². The van der Waals surface area contributed by atoms with Crippen molar-refractivity contribution in [3.63, 3.8) is 0 Å². The zero-order chi connectivity index (χ0) is 16.4. The number of hydrogen-bond donors (Lipinski definition) is 2. The predicted octanol–water partition coefficient (Wildman–Crippen LogP) is 3.74. The molecule has 0 radical (unpaired) electrons. The molecule has 0 unspecified atom stereocenters. The van der Waals surface area contributed by atoms with Gasteiger partial charge in [-0.25, -0.2) is 15.0 Å². The third-order valence-electron chi connectivity index (χ3n) is 4.48. The number of fused-ring (bicyclic) bond motifs is 3. The molecule has 0 aliphatic heterocycles. The monoisotopic (exact) mass is 339 g/mol. The molecule has 1 aliphatic rings. The minimum absolute atomic E-state index is 0.775. The number of pyridine rings is 1. The third-order valence-corrected chi connectivity index (χ3v) is 5.64. The molecule has 1 aliphatic carbocycles. The molecule has 0 saturated carbocycles. The van der Waals surface area contributed by atoms with Crippen LogP contribution in [0.1, 0.15) is 23.8 Å². The van der Waals surface area contributed by atoms with Crippen molar-refractivity contribution in [3.8, 4) is 0 Å². The van der Waals surface area contributed by atoms with Crippen LogP contribution in [0.4, 0.5) is 11.6 Å². The molecular formula is C18H21N5S. The normalized spacial score (nSPS) is 16.8. The smallest absolute Gasteiger partial charge is 0.138 e. The Kier molecular flexibility index (Phi) is 4.30. The number of aryl methyl sites for hydroxylation is 1. The first-order valence-electron chi connectivity index (χ1n) is 8.45. The Bertz CT molecular complexity index is 830. The summed E-state index contributed by atoms with van der Waals surface area (Å²) in [5.74, 6) is 2.64. The topological polar surface area (TPSA) is 62.7 Å². The Morgan fingerprint density at radius 1 is 1.17 bits per heavy atom. The van der Waals surface area contributed by atoms with E-state index in [0.717, 1.165) is 41.9 Å². The van der Waals surface area contributed by atoms with Gasteiger partial charge in [0.25, 0.3) is 0 Å². The molecule has 1 atom stereocenters. The van der Waals surface area contributed by atoms with Gasteiger partial charge in [0.15, 0.2) is 0 Å². The molecule has 124 valence electrons. The number of aromatic nitrogens is 3. The molecule has 0 aromatic carbocycles. The molecule has 3 aromatic heterocycles. The van der Waals surface area contributed by atoms with Crippen molar-refractivity contribution >= 4 is 33.2 Å². The van der Waals surface area contributed by atoms with Gasteiger partial charge in [0, 0.05) is 24.2 Å². The van der Waals surface area contributed by atoms with Gasteiger partial charge < -0.3 is 10.6 Å². The second-order valence-corrected chi connectivity index (χ2v) is 7.41. The zero-order valence-corrected chi connectivity index (χ0v) is 14.6. The third kappa shape index (κ3) is 3.06. The first-order valence-corrected chi connectivity index (χ1v) is 9.27. The SMILES string of the molecule is C[C@H]1CCc2c(sc3ncnc(NCCNc4ccccn4)c23)C1. The highest BCUT2D eigenvalue weighted by Crippen LogP contribution is 2.39. The van der Waals surface area contributed by atoms with E-state index in [4.69, 9.17) is 0 Å². The molecule has 0 amide bonds. The number of anilines is 2. The fourth-order valence-corrected chi connectivity index (χ4v) is 4.60. The van der Waals surface area contributed by atoms with Crippen LogP contribution < -0.4 is 10.6 Å². The summed E-state index contributed by atoms with van der Waals surface area (Å²) in [6.07, 6.45) is 7.04. The molecule has 3 aromatic rings. The van der Waals surface area contributed by atoms with E-state index in [2.05, 4.69) is 32.5 Å². The second-order valence-electron chi connectivity index (χ2n) is 6.32. The predicted molar refractivity (Wildman–Crippen MR) is 99.8 cm³/mol. The van der Waals surface area contributed by atoms with Crippen molar-refractivity contribution in [2.45, 2.75) is 26.2 Å². The average Bonchev–Trinajstić information content (AvgIpc) is 2.97. The molecule has 3 heterocycles. The van der Waals surface area contributed by atoms with Gasteiger partial charge in [-0.1, -0.05) is 13.0 Å². The molecule has 0 fully saturated rings.